The first-order valence-corrected chi connectivity index (χ1v) is 11.2. The number of benzene rings is 1. The van der Waals surface area contributed by atoms with E-state index in [1.54, 1.807) is 28.7 Å². The van der Waals surface area contributed by atoms with Crippen LogP contribution in [0, 0.1) is 0 Å². The van der Waals surface area contributed by atoms with Crippen LogP contribution >= 0.6 is 27.5 Å². The Bertz CT molecular complexity index is 872. The molecule has 4 rings (SSSR count). The van der Waals surface area contributed by atoms with Gasteiger partial charge in [-0.15, -0.1) is 0 Å². The van der Waals surface area contributed by atoms with E-state index >= 15 is 0 Å². The molecule has 0 spiro atoms. The minimum Gasteiger partial charge on any atom is -0.268 e. The third-order valence-electron chi connectivity index (χ3n) is 5.14. The molecule has 2 atom stereocenters. The highest BCUT2D eigenvalue weighted by Crippen LogP contribution is 2.43. The van der Waals surface area contributed by atoms with E-state index in [4.69, 9.17) is 11.6 Å². The Balaban J connectivity index is 1.54. The molecule has 0 amide bonds. The lowest BCUT2D eigenvalue weighted by molar-refractivity contribution is 0.184. The highest BCUT2D eigenvalue weighted by atomic mass is 79.9. The summed E-state index contributed by atoms with van der Waals surface area (Å²) in [6, 6.07) is 7.50. The average molecular weight is 445 g/mol. The number of halogens is 2. The maximum atomic E-state index is 13.0. The lowest BCUT2D eigenvalue weighted by atomic mass is 10.00. The molecule has 2 aromatic rings. The first-order valence-electron chi connectivity index (χ1n) is 8.38. The van der Waals surface area contributed by atoms with E-state index in [-0.39, 0.29) is 23.9 Å². The molecule has 0 aliphatic carbocycles. The Hall–Kier alpha value is -0.890. The van der Waals surface area contributed by atoms with Crippen LogP contribution in [0.5, 0.6) is 0 Å². The van der Waals surface area contributed by atoms with Crippen molar-refractivity contribution in [2.24, 2.45) is 0 Å². The normalized spacial score (nSPS) is 26.9. The highest BCUT2D eigenvalue weighted by molar-refractivity contribution is 9.10. The fourth-order valence-corrected chi connectivity index (χ4v) is 6.76. The van der Waals surface area contributed by atoms with Gasteiger partial charge in [-0.05, 0) is 59.3 Å². The van der Waals surface area contributed by atoms with E-state index in [1.807, 2.05) is 16.9 Å². The summed E-state index contributed by atoms with van der Waals surface area (Å²) in [5, 5.41) is 4.96. The second-order valence-corrected chi connectivity index (χ2v) is 10.1. The average Bonchev–Trinajstić information content (AvgIpc) is 3.09. The Morgan fingerprint density at radius 1 is 1.20 bits per heavy atom. The first-order chi connectivity index (χ1) is 11.9. The van der Waals surface area contributed by atoms with Crippen molar-refractivity contribution >= 4 is 37.6 Å². The van der Waals surface area contributed by atoms with Crippen molar-refractivity contribution in [3.8, 4) is 0 Å². The van der Waals surface area contributed by atoms with Crippen LogP contribution in [-0.2, 0) is 15.8 Å². The van der Waals surface area contributed by atoms with E-state index in [2.05, 4.69) is 21.0 Å². The molecule has 8 heteroatoms. The van der Waals surface area contributed by atoms with Gasteiger partial charge >= 0.3 is 0 Å². The van der Waals surface area contributed by atoms with Crippen LogP contribution in [-0.4, -0.2) is 34.6 Å². The van der Waals surface area contributed by atoms with Gasteiger partial charge in [-0.2, -0.15) is 9.40 Å². The molecule has 0 saturated carbocycles. The Morgan fingerprint density at radius 2 is 1.92 bits per heavy atom. The van der Waals surface area contributed by atoms with Crippen LogP contribution in [0.15, 0.2) is 41.1 Å². The van der Waals surface area contributed by atoms with Gasteiger partial charge in [0.15, 0.2) is 0 Å². The van der Waals surface area contributed by atoms with Crippen molar-refractivity contribution in [3.63, 3.8) is 0 Å². The number of aromatic nitrogens is 2. The number of rotatable bonds is 4. The zero-order valence-corrected chi connectivity index (χ0v) is 16.7. The van der Waals surface area contributed by atoms with Gasteiger partial charge in [0.25, 0.3) is 0 Å². The van der Waals surface area contributed by atoms with Crippen molar-refractivity contribution < 1.29 is 8.42 Å². The number of hydrogen-bond donors (Lipinski definition) is 0. The number of piperidine rings is 1. The van der Waals surface area contributed by atoms with Crippen molar-refractivity contribution in [1.29, 1.82) is 0 Å². The molecule has 1 aromatic heterocycles. The summed E-state index contributed by atoms with van der Waals surface area (Å²) in [6.07, 6.45) is 7.25. The highest BCUT2D eigenvalue weighted by Gasteiger charge is 2.47. The predicted molar refractivity (Wildman–Crippen MR) is 101 cm³/mol. The van der Waals surface area contributed by atoms with Crippen LogP contribution in [0.3, 0.4) is 0 Å². The van der Waals surface area contributed by atoms with Gasteiger partial charge in [-0.25, -0.2) is 8.42 Å². The standard InChI is InChI=1S/C17H19BrClN3O2S/c18-13-9-20-21(10-13)17-7-15-4-5-16(8-17)22(15)25(23,24)11-12-2-1-3-14(19)6-12/h1-3,6,9-10,15-17H,4-5,7-8,11H2. The molecule has 1 aromatic carbocycles. The minimum absolute atomic E-state index is 0.0124. The molecule has 25 heavy (non-hydrogen) atoms. The lowest BCUT2D eigenvalue weighted by Gasteiger charge is -2.38. The zero-order valence-electron chi connectivity index (χ0n) is 13.6. The van der Waals surface area contributed by atoms with Crippen molar-refractivity contribution in [2.75, 3.05) is 0 Å². The molecule has 0 N–H and O–H groups in total. The van der Waals surface area contributed by atoms with Crippen LogP contribution in [0.1, 0.15) is 37.3 Å². The number of sulfonamides is 1. The summed E-state index contributed by atoms with van der Waals surface area (Å²) >= 11 is 9.43. The molecule has 2 aliphatic heterocycles. The van der Waals surface area contributed by atoms with Crippen molar-refractivity contribution in [1.82, 2.24) is 14.1 Å². The summed E-state index contributed by atoms with van der Waals surface area (Å²) in [6.45, 7) is 0. The summed E-state index contributed by atoms with van der Waals surface area (Å²) in [5.41, 5.74) is 0.741. The molecule has 134 valence electrons. The molecule has 2 unspecified atom stereocenters. The molecule has 2 bridgehead atoms. The van der Waals surface area contributed by atoms with Gasteiger partial charge in [0.1, 0.15) is 0 Å². The van der Waals surface area contributed by atoms with Crippen molar-refractivity contribution in [3.05, 3.63) is 51.7 Å². The van der Waals surface area contributed by atoms with Gasteiger partial charge in [0.05, 0.1) is 22.5 Å². The first kappa shape index (κ1) is 17.5. The smallest absolute Gasteiger partial charge is 0.218 e. The predicted octanol–water partition coefficient (Wildman–Crippen LogP) is 4.00. The van der Waals surface area contributed by atoms with E-state index in [0.29, 0.717) is 5.02 Å². The number of fused-ring (bicyclic) bond motifs is 2. The molecule has 0 radical (unpaired) electrons. The van der Waals surface area contributed by atoms with Gasteiger partial charge in [0, 0.05) is 23.3 Å². The maximum absolute atomic E-state index is 13.0. The second kappa shape index (κ2) is 6.68. The number of hydrogen-bond acceptors (Lipinski definition) is 3. The Morgan fingerprint density at radius 3 is 2.52 bits per heavy atom. The molecule has 3 heterocycles. The Labute approximate surface area is 161 Å². The van der Waals surface area contributed by atoms with Crippen LogP contribution < -0.4 is 0 Å². The second-order valence-electron chi connectivity index (χ2n) is 6.86. The van der Waals surface area contributed by atoms with E-state index < -0.39 is 10.0 Å². The Kier molecular flexibility index (Phi) is 4.68. The van der Waals surface area contributed by atoms with Crippen LogP contribution in [0.2, 0.25) is 5.02 Å². The third-order valence-corrected chi connectivity index (χ3v) is 7.73. The molecule has 2 saturated heterocycles. The monoisotopic (exact) mass is 443 g/mol. The van der Waals surface area contributed by atoms with Gasteiger partial charge < -0.3 is 0 Å². The fraction of sp³-hybridized carbons (Fsp3) is 0.471. The zero-order chi connectivity index (χ0) is 17.6. The quantitative estimate of drug-likeness (QED) is 0.716. The number of nitrogens with zero attached hydrogens (tertiary/aromatic N) is 3. The molecule has 2 fully saturated rings. The summed E-state index contributed by atoms with van der Waals surface area (Å²) in [5.74, 6) is 0.0124. The van der Waals surface area contributed by atoms with Crippen molar-refractivity contribution in [2.45, 2.75) is 49.6 Å². The third kappa shape index (κ3) is 3.52. The molecule has 2 aliphatic rings. The summed E-state index contributed by atoms with van der Waals surface area (Å²) in [7, 11) is -3.35. The SMILES string of the molecule is O=S(=O)(Cc1cccc(Cl)c1)N1C2CCC1CC(n1cc(Br)cn1)C2. The summed E-state index contributed by atoms with van der Waals surface area (Å²) < 4.78 is 30.7. The minimum atomic E-state index is -3.35. The summed E-state index contributed by atoms with van der Waals surface area (Å²) in [4.78, 5) is 0. The van der Waals surface area contributed by atoms with E-state index in [1.165, 1.54) is 0 Å². The van der Waals surface area contributed by atoms with Crippen LogP contribution in [0.4, 0.5) is 0 Å². The van der Waals surface area contributed by atoms with Gasteiger partial charge in [-0.3, -0.25) is 4.68 Å². The van der Waals surface area contributed by atoms with Gasteiger partial charge in [0.2, 0.25) is 10.0 Å². The topological polar surface area (TPSA) is 55.2 Å². The van der Waals surface area contributed by atoms with Crippen LogP contribution in [0.25, 0.3) is 0 Å². The molecular weight excluding hydrogens is 426 g/mol. The molecular formula is C17H19BrClN3O2S. The largest absolute Gasteiger partial charge is 0.268 e. The molecule has 5 nitrogen and oxygen atoms in total. The lowest BCUT2D eigenvalue weighted by Crippen LogP contribution is -2.47. The van der Waals surface area contributed by atoms with Gasteiger partial charge in [-0.1, -0.05) is 23.7 Å². The van der Waals surface area contributed by atoms with E-state index in [0.717, 1.165) is 35.7 Å². The van der Waals surface area contributed by atoms with E-state index in [9.17, 15) is 8.42 Å². The maximum Gasteiger partial charge on any atom is 0.218 e. The fourth-order valence-electron chi connectivity index (χ4n) is 4.20.